The smallest absolute Gasteiger partial charge is 0.208 e. The molecule has 0 unspecified atom stereocenters. The van der Waals surface area contributed by atoms with Gasteiger partial charge >= 0.3 is 0 Å². The molecule has 0 aliphatic heterocycles. The third-order valence-corrected chi connectivity index (χ3v) is 4.82. The van der Waals surface area contributed by atoms with E-state index in [1.54, 1.807) is 24.3 Å². The quantitative estimate of drug-likeness (QED) is 0.521. The van der Waals surface area contributed by atoms with E-state index in [-0.39, 0.29) is 17.0 Å². The number of azide groups is 1. The maximum absolute atomic E-state index is 12.2. The zero-order chi connectivity index (χ0) is 13.9. The molecule has 1 aromatic rings. The number of hydrogen-bond acceptors (Lipinski definition) is 3. The van der Waals surface area contributed by atoms with Gasteiger partial charge in [0, 0.05) is 11.0 Å². The van der Waals surface area contributed by atoms with Crippen molar-refractivity contribution in [3.8, 4) is 0 Å². The lowest BCUT2D eigenvalue weighted by molar-refractivity contribution is 0.521. The van der Waals surface area contributed by atoms with Crippen LogP contribution in [0, 0.1) is 6.92 Å². The first-order valence-electron chi connectivity index (χ1n) is 6.16. The van der Waals surface area contributed by atoms with Crippen LogP contribution in [0.15, 0.2) is 34.3 Å². The van der Waals surface area contributed by atoms with E-state index in [4.69, 9.17) is 5.53 Å². The van der Waals surface area contributed by atoms with Gasteiger partial charge in [-0.3, -0.25) is 0 Å². The molecule has 0 amide bonds. The molecular formula is C12H16N4O2S. The highest BCUT2D eigenvalue weighted by molar-refractivity contribution is 7.89. The summed E-state index contributed by atoms with van der Waals surface area (Å²) in [6, 6.07) is 6.08. The summed E-state index contributed by atoms with van der Waals surface area (Å²) in [6.07, 6.45) is 2.30. The van der Waals surface area contributed by atoms with Crippen molar-refractivity contribution in [3.05, 3.63) is 40.3 Å². The highest BCUT2D eigenvalue weighted by atomic mass is 32.2. The van der Waals surface area contributed by atoms with Gasteiger partial charge < -0.3 is 0 Å². The molecular weight excluding hydrogens is 264 g/mol. The Bertz CT molecular complexity index is 591. The van der Waals surface area contributed by atoms with Gasteiger partial charge in [0.25, 0.3) is 0 Å². The third-order valence-electron chi connectivity index (χ3n) is 3.32. The topological polar surface area (TPSA) is 94.9 Å². The summed E-state index contributed by atoms with van der Waals surface area (Å²) >= 11 is 0. The molecule has 0 spiro atoms. The summed E-state index contributed by atoms with van der Waals surface area (Å²) in [6.45, 7) is 1.90. The number of sulfonamides is 1. The van der Waals surface area contributed by atoms with Crippen molar-refractivity contribution in [2.24, 2.45) is 5.11 Å². The molecule has 1 aliphatic rings. The van der Waals surface area contributed by atoms with Gasteiger partial charge in [-0.1, -0.05) is 29.2 Å². The van der Waals surface area contributed by atoms with Crippen LogP contribution in [-0.2, 0) is 10.0 Å². The van der Waals surface area contributed by atoms with E-state index < -0.39 is 10.0 Å². The molecule has 1 fully saturated rings. The van der Waals surface area contributed by atoms with Gasteiger partial charge in [0.05, 0.1) is 10.9 Å². The minimum Gasteiger partial charge on any atom is -0.208 e. The van der Waals surface area contributed by atoms with E-state index in [0.717, 1.165) is 18.4 Å². The number of benzene rings is 1. The lowest BCUT2D eigenvalue weighted by atomic mass is 10.2. The van der Waals surface area contributed by atoms with Gasteiger partial charge in [0.1, 0.15) is 0 Å². The van der Waals surface area contributed by atoms with Crippen LogP contribution in [0.5, 0.6) is 0 Å². The molecule has 0 saturated heterocycles. The maximum atomic E-state index is 12.2. The molecule has 2 atom stereocenters. The number of nitrogens with zero attached hydrogens (tertiary/aromatic N) is 3. The second kappa shape index (κ2) is 5.61. The fraction of sp³-hybridized carbons (Fsp3) is 0.500. The average molecular weight is 280 g/mol. The Balaban J connectivity index is 2.17. The van der Waals surface area contributed by atoms with Crippen molar-refractivity contribution in [1.29, 1.82) is 0 Å². The monoisotopic (exact) mass is 280 g/mol. The van der Waals surface area contributed by atoms with Crippen molar-refractivity contribution in [3.63, 3.8) is 0 Å². The molecule has 0 radical (unpaired) electrons. The molecule has 0 aromatic heterocycles. The van der Waals surface area contributed by atoms with Crippen molar-refractivity contribution < 1.29 is 8.42 Å². The lowest BCUT2D eigenvalue weighted by Gasteiger charge is -2.17. The third kappa shape index (κ3) is 3.26. The largest absolute Gasteiger partial charge is 0.240 e. The van der Waals surface area contributed by atoms with E-state index in [1.807, 2.05) is 6.92 Å². The molecule has 102 valence electrons. The highest BCUT2D eigenvalue weighted by Gasteiger charge is 2.30. The molecule has 19 heavy (non-hydrogen) atoms. The van der Waals surface area contributed by atoms with Crippen molar-refractivity contribution in [1.82, 2.24) is 4.72 Å². The second-order valence-corrected chi connectivity index (χ2v) is 6.46. The zero-order valence-corrected chi connectivity index (χ0v) is 11.5. The van der Waals surface area contributed by atoms with E-state index in [1.165, 1.54) is 0 Å². The summed E-state index contributed by atoms with van der Waals surface area (Å²) in [5.41, 5.74) is 9.48. The van der Waals surface area contributed by atoms with Crippen molar-refractivity contribution in [2.75, 3.05) is 0 Å². The standard InChI is InChI=1S/C12H16N4O2S/c1-9-5-7-10(8-6-9)19(17,18)15-12-4-2-3-11(12)14-16-13/h5-8,11-12,15H,2-4H2,1H3/t11-,12-/m1/s1. The lowest BCUT2D eigenvalue weighted by Crippen LogP contribution is -2.38. The van der Waals surface area contributed by atoms with Crippen LogP contribution in [0.4, 0.5) is 0 Å². The fourth-order valence-corrected chi connectivity index (χ4v) is 3.57. The molecule has 0 bridgehead atoms. The van der Waals surface area contributed by atoms with Crippen LogP contribution in [0.3, 0.4) is 0 Å². The van der Waals surface area contributed by atoms with Crippen LogP contribution < -0.4 is 4.72 Å². The van der Waals surface area contributed by atoms with E-state index in [9.17, 15) is 8.42 Å². The van der Waals surface area contributed by atoms with Crippen molar-refractivity contribution >= 4 is 10.0 Å². The van der Waals surface area contributed by atoms with Gasteiger partial charge in [-0.05, 0) is 37.4 Å². The minimum atomic E-state index is -3.54. The molecule has 1 N–H and O–H groups in total. The molecule has 1 aliphatic carbocycles. The summed E-state index contributed by atoms with van der Waals surface area (Å²) in [5.74, 6) is 0. The fourth-order valence-electron chi connectivity index (χ4n) is 2.27. The van der Waals surface area contributed by atoms with Gasteiger partial charge in [-0.2, -0.15) is 0 Å². The van der Waals surface area contributed by atoms with Crippen LogP contribution >= 0.6 is 0 Å². The van der Waals surface area contributed by atoms with Gasteiger partial charge in [0.15, 0.2) is 0 Å². The minimum absolute atomic E-state index is 0.240. The normalized spacial score (nSPS) is 23.0. The van der Waals surface area contributed by atoms with Crippen LogP contribution in [-0.4, -0.2) is 20.5 Å². The number of rotatable bonds is 4. The predicted octanol–water partition coefficient (Wildman–Crippen LogP) is 2.50. The maximum Gasteiger partial charge on any atom is 0.240 e. The van der Waals surface area contributed by atoms with Gasteiger partial charge in [-0.15, -0.1) is 0 Å². The summed E-state index contributed by atoms with van der Waals surface area (Å²) < 4.78 is 27.0. The Morgan fingerprint density at radius 2 is 2.00 bits per heavy atom. The zero-order valence-electron chi connectivity index (χ0n) is 10.7. The van der Waals surface area contributed by atoms with Crippen LogP contribution in [0.2, 0.25) is 0 Å². The summed E-state index contributed by atoms with van der Waals surface area (Å²) in [7, 11) is -3.54. The SMILES string of the molecule is Cc1ccc(S(=O)(=O)N[C@@H]2CCC[C@H]2N=[N+]=[N-])cc1. The number of hydrogen-bond donors (Lipinski definition) is 1. The molecule has 1 aromatic carbocycles. The number of aryl methyl sites for hydroxylation is 1. The summed E-state index contributed by atoms with van der Waals surface area (Å²) in [5, 5.41) is 3.65. The summed E-state index contributed by atoms with van der Waals surface area (Å²) in [4.78, 5) is 3.01. The Labute approximate surface area is 112 Å². The first-order chi connectivity index (χ1) is 9.03. The van der Waals surface area contributed by atoms with Crippen molar-refractivity contribution in [2.45, 2.75) is 43.2 Å². The molecule has 6 nitrogen and oxygen atoms in total. The molecule has 2 rings (SSSR count). The van der Waals surface area contributed by atoms with Gasteiger partial charge in [-0.25, -0.2) is 13.1 Å². The molecule has 0 heterocycles. The van der Waals surface area contributed by atoms with Gasteiger partial charge in [0.2, 0.25) is 10.0 Å². The first kappa shape index (κ1) is 13.9. The molecule has 1 saturated carbocycles. The van der Waals surface area contributed by atoms with Crippen LogP contribution in [0.25, 0.3) is 10.4 Å². The van der Waals surface area contributed by atoms with E-state index in [2.05, 4.69) is 14.7 Å². The predicted molar refractivity (Wildman–Crippen MR) is 72.1 cm³/mol. The first-order valence-corrected chi connectivity index (χ1v) is 7.64. The highest BCUT2D eigenvalue weighted by Crippen LogP contribution is 2.24. The number of nitrogens with one attached hydrogen (secondary N) is 1. The Morgan fingerprint density at radius 3 is 2.63 bits per heavy atom. The average Bonchev–Trinajstić information content (AvgIpc) is 2.77. The molecule has 7 heteroatoms. The van der Waals surface area contributed by atoms with E-state index in [0.29, 0.717) is 6.42 Å². The van der Waals surface area contributed by atoms with E-state index >= 15 is 0 Å². The Kier molecular flexibility index (Phi) is 4.09. The Hall–Kier alpha value is -1.56. The Morgan fingerprint density at radius 1 is 1.32 bits per heavy atom. The van der Waals surface area contributed by atoms with Crippen LogP contribution in [0.1, 0.15) is 24.8 Å². The second-order valence-electron chi connectivity index (χ2n) is 4.74.